The second-order valence-electron chi connectivity index (χ2n) is 7.16. The summed E-state index contributed by atoms with van der Waals surface area (Å²) in [7, 11) is 2.78. The lowest BCUT2D eigenvalue weighted by Gasteiger charge is -2.34. The van der Waals surface area contributed by atoms with Crippen LogP contribution in [0.4, 0.5) is 14.6 Å². The number of halogens is 2. The predicted octanol–water partition coefficient (Wildman–Crippen LogP) is 2.91. The summed E-state index contributed by atoms with van der Waals surface area (Å²) in [5.74, 6) is -0.503. The Morgan fingerprint density at radius 3 is 2.48 bits per heavy atom. The van der Waals surface area contributed by atoms with E-state index in [9.17, 15) is 13.6 Å². The lowest BCUT2D eigenvalue weighted by molar-refractivity contribution is 0.0816. The quantitative estimate of drug-likeness (QED) is 0.851. The van der Waals surface area contributed by atoms with E-state index in [4.69, 9.17) is 14.8 Å². The fourth-order valence-electron chi connectivity index (χ4n) is 3.70. The molecule has 2 aromatic rings. The molecule has 0 radical (unpaired) electrons. The Labute approximate surface area is 168 Å². The van der Waals surface area contributed by atoms with E-state index < -0.39 is 11.6 Å². The summed E-state index contributed by atoms with van der Waals surface area (Å²) in [6.07, 6.45) is 1.47. The monoisotopic (exact) mass is 405 g/mol. The summed E-state index contributed by atoms with van der Waals surface area (Å²) >= 11 is 0. The lowest BCUT2D eigenvalue weighted by atomic mass is 10.1. The summed E-state index contributed by atoms with van der Waals surface area (Å²) in [6.45, 7) is 4.02. The van der Waals surface area contributed by atoms with Crippen LogP contribution in [0.3, 0.4) is 0 Å². The van der Waals surface area contributed by atoms with Crippen molar-refractivity contribution in [2.24, 2.45) is 0 Å². The van der Waals surface area contributed by atoms with Crippen LogP contribution in [-0.4, -0.2) is 54.2 Å². The molecule has 1 amide bonds. The van der Waals surface area contributed by atoms with Crippen LogP contribution >= 0.6 is 0 Å². The summed E-state index contributed by atoms with van der Waals surface area (Å²) in [6, 6.07) is 5.54. The molecule has 0 saturated carbocycles. The maximum absolute atomic E-state index is 13.3. The molecule has 29 heavy (non-hydrogen) atoms. The Morgan fingerprint density at radius 1 is 1.14 bits per heavy atom. The van der Waals surface area contributed by atoms with E-state index in [1.54, 1.807) is 11.9 Å². The summed E-state index contributed by atoms with van der Waals surface area (Å²) in [4.78, 5) is 20.7. The number of carbonyl (C=O) groups is 1. The van der Waals surface area contributed by atoms with Gasteiger partial charge in [-0.1, -0.05) is 0 Å². The van der Waals surface area contributed by atoms with Gasteiger partial charge in [0.05, 0.1) is 17.8 Å². The van der Waals surface area contributed by atoms with Crippen molar-refractivity contribution in [3.63, 3.8) is 0 Å². The third kappa shape index (κ3) is 4.32. The first-order chi connectivity index (χ1) is 13.9. The van der Waals surface area contributed by atoms with E-state index in [2.05, 4.69) is 4.90 Å². The molecule has 1 N–H and O–H groups in total. The number of pyridine rings is 1. The van der Waals surface area contributed by atoms with Crippen molar-refractivity contribution in [3.8, 4) is 5.75 Å². The summed E-state index contributed by atoms with van der Waals surface area (Å²) < 4.78 is 32.2. The van der Waals surface area contributed by atoms with Crippen LogP contribution in [-0.2, 0) is 6.54 Å². The molecule has 0 atom stereocenters. The van der Waals surface area contributed by atoms with E-state index in [0.29, 0.717) is 17.9 Å². The second-order valence-corrected chi connectivity index (χ2v) is 7.16. The van der Waals surface area contributed by atoms with E-state index >= 15 is 0 Å². The van der Waals surface area contributed by atoms with Crippen LogP contribution in [0.2, 0.25) is 0 Å². The SMILES string of the molecule is CO.Cc1cc2c(nc1N1CCC(Oc3ccc(F)c(F)c3)CC1)CN(C)C2=O. The number of piperidine rings is 1. The highest BCUT2D eigenvalue weighted by Gasteiger charge is 2.29. The molecule has 3 heterocycles. The van der Waals surface area contributed by atoms with Crippen LogP contribution in [0, 0.1) is 18.6 Å². The van der Waals surface area contributed by atoms with Crippen LogP contribution in [0.1, 0.15) is 34.5 Å². The van der Waals surface area contributed by atoms with Crippen LogP contribution in [0.15, 0.2) is 24.3 Å². The fourth-order valence-corrected chi connectivity index (χ4v) is 3.70. The standard InChI is InChI=1S/C20H21F2N3O2.CH4O/c1-12-9-15-18(11-24(2)20(15)26)23-19(12)25-7-5-13(6-8-25)27-14-3-4-16(21)17(22)10-14;1-2/h3-4,9-10,13H,5-8,11H2,1-2H3;2H,1H3. The van der Waals surface area contributed by atoms with Gasteiger partial charge < -0.3 is 19.6 Å². The molecule has 0 aliphatic carbocycles. The average molecular weight is 405 g/mol. The molecule has 0 spiro atoms. The van der Waals surface area contributed by atoms with Crippen LogP contribution in [0.25, 0.3) is 0 Å². The third-order valence-electron chi connectivity index (χ3n) is 5.16. The first kappa shape index (κ1) is 21.0. The van der Waals surface area contributed by atoms with Gasteiger partial charge in [0.15, 0.2) is 11.6 Å². The number of hydrogen-bond donors (Lipinski definition) is 1. The minimum absolute atomic E-state index is 0.0192. The highest BCUT2D eigenvalue weighted by atomic mass is 19.2. The van der Waals surface area contributed by atoms with Crippen molar-refractivity contribution in [1.29, 1.82) is 0 Å². The van der Waals surface area contributed by atoms with Crippen LogP contribution in [0.5, 0.6) is 5.75 Å². The van der Waals surface area contributed by atoms with Crippen LogP contribution < -0.4 is 9.64 Å². The first-order valence-electron chi connectivity index (χ1n) is 9.49. The number of aryl methyl sites for hydroxylation is 1. The number of fused-ring (bicyclic) bond motifs is 1. The molecular formula is C21H25F2N3O3. The Balaban J connectivity index is 0.00000117. The van der Waals surface area contributed by atoms with Crippen molar-refractivity contribution < 1.29 is 23.4 Å². The van der Waals surface area contributed by atoms with Crippen molar-refractivity contribution >= 4 is 11.7 Å². The zero-order chi connectivity index (χ0) is 21.1. The minimum Gasteiger partial charge on any atom is -0.490 e. The molecule has 2 aliphatic rings. The number of ether oxygens (including phenoxy) is 1. The highest BCUT2D eigenvalue weighted by Crippen LogP contribution is 2.29. The zero-order valence-electron chi connectivity index (χ0n) is 16.8. The van der Waals surface area contributed by atoms with Crippen molar-refractivity contribution in [3.05, 3.63) is 52.7 Å². The minimum atomic E-state index is -0.901. The van der Waals surface area contributed by atoms with Gasteiger partial charge in [-0.15, -0.1) is 0 Å². The van der Waals surface area contributed by atoms with E-state index in [1.807, 2.05) is 13.0 Å². The molecule has 0 bridgehead atoms. The van der Waals surface area contributed by atoms with E-state index in [1.165, 1.54) is 6.07 Å². The number of nitrogens with zero attached hydrogens (tertiary/aromatic N) is 3. The van der Waals surface area contributed by atoms with Gasteiger partial charge in [0.2, 0.25) is 0 Å². The molecule has 1 fully saturated rings. The van der Waals surface area contributed by atoms with E-state index in [-0.39, 0.29) is 12.0 Å². The molecule has 1 aromatic heterocycles. The van der Waals surface area contributed by atoms with Gasteiger partial charge in [-0.3, -0.25) is 4.79 Å². The Morgan fingerprint density at radius 2 is 1.83 bits per heavy atom. The van der Waals surface area contributed by atoms with Gasteiger partial charge in [0.1, 0.15) is 17.7 Å². The maximum Gasteiger partial charge on any atom is 0.255 e. The third-order valence-corrected chi connectivity index (χ3v) is 5.16. The lowest BCUT2D eigenvalue weighted by Crippen LogP contribution is -2.39. The van der Waals surface area contributed by atoms with E-state index in [0.717, 1.165) is 62.2 Å². The van der Waals surface area contributed by atoms with Gasteiger partial charge in [-0.25, -0.2) is 13.8 Å². The summed E-state index contributed by atoms with van der Waals surface area (Å²) in [5.41, 5.74) is 2.50. The van der Waals surface area contributed by atoms with Gasteiger partial charge in [0.25, 0.3) is 5.91 Å². The molecular weight excluding hydrogens is 380 g/mol. The van der Waals surface area contributed by atoms with Gasteiger partial charge in [-0.05, 0) is 30.7 Å². The number of rotatable bonds is 3. The number of amides is 1. The zero-order valence-corrected chi connectivity index (χ0v) is 16.8. The van der Waals surface area contributed by atoms with Gasteiger partial charge in [-0.2, -0.15) is 0 Å². The van der Waals surface area contributed by atoms with Gasteiger partial charge in [0, 0.05) is 46.2 Å². The Hall–Kier alpha value is -2.74. The smallest absolute Gasteiger partial charge is 0.255 e. The number of aliphatic hydroxyl groups is 1. The number of aromatic nitrogens is 1. The number of hydrogen-bond acceptors (Lipinski definition) is 5. The molecule has 1 aromatic carbocycles. The van der Waals surface area contributed by atoms with Crippen molar-refractivity contribution in [1.82, 2.24) is 9.88 Å². The largest absolute Gasteiger partial charge is 0.490 e. The van der Waals surface area contributed by atoms with Crippen molar-refractivity contribution in [2.45, 2.75) is 32.4 Å². The maximum atomic E-state index is 13.3. The molecule has 0 unspecified atom stereocenters. The first-order valence-corrected chi connectivity index (χ1v) is 9.49. The number of benzene rings is 1. The molecule has 8 heteroatoms. The normalized spacial score (nSPS) is 16.4. The second kappa shape index (κ2) is 8.73. The molecule has 4 rings (SSSR count). The number of anilines is 1. The number of carbonyl (C=O) groups excluding carboxylic acids is 1. The fraction of sp³-hybridized carbons (Fsp3) is 0.429. The Bertz CT molecular complexity index is 899. The highest BCUT2D eigenvalue weighted by molar-refractivity contribution is 5.98. The molecule has 156 valence electrons. The van der Waals surface area contributed by atoms with Gasteiger partial charge >= 0.3 is 0 Å². The summed E-state index contributed by atoms with van der Waals surface area (Å²) in [5, 5.41) is 7.00. The molecule has 6 nitrogen and oxygen atoms in total. The number of aliphatic hydroxyl groups excluding tert-OH is 1. The van der Waals surface area contributed by atoms with Crippen molar-refractivity contribution in [2.75, 3.05) is 32.1 Å². The predicted molar refractivity (Wildman–Crippen MR) is 105 cm³/mol. The average Bonchev–Trinajstić information content (AvgIpc) is 3.00. The Kier molecular flexibility index (Phi) is 6.32. The molecule has 1 saturated heterocycles. The topological polar surface area (TPSA) is 65.9 Å². The molecule has 2 aliphatic heterocycles.